The monoisotopic (exact) mass is 236 g/mol. The zero-order chi connectivity index (χ0) is 11.7. The van der Waals surface area contributed by atoms with Crippen LogP contribution in [0.5, 0.6) is 0 Å². The predicted octanol–water partition coefficient (Wildman–Crippen LogP) is 0.322. The first-order valence-electron chi connectivity index (χ1n) is 5.52. The molecule has 0 aromatic carbocycles. The largest absolute Gasteiger partial charge is 0.506 e. The van der Waals surface area contributed by atoms with Crippen LogP contribution in [0.3, 0.4) is 0 Å². The van der Waals surface area contributed by atoms with Gasteiger partial charge < -0.3 is 24.7 Å². The normalized spacial score (nSPS) is 12.4. The summed E-state index contributed by atoms with van der Waals surface area (Å²) in [6, 6.07) is 0. The lowest BCUT2D eigenvalue weighted by molar-refractivity contribution is 0.0623. The second-order valence-corrected chi connectivity index (χ2v) is 5.96. The van der Waals surface area contributed by atoms with Crippen LogP contribution in [0.15, 0.2) is 0 Å². The third-order valence-electron chi connectivity index (χ3n) is 2.11. The predicted molar refractivity (Wildman–Crippen MR) is 62.5 cm³/mol. The highest BCUT2D eigenvalue weighted by Crippen LogP contribution is 2.24. The van der Waals surface area contributed by atoms with Crippen molar-refractivity contribution in [3.63, 3.8) is 0 Å². The van der Waals surface area contributed by atoms with Crippen LogP contribution in [0, 0.1) is 0 Å². The molecule has 0 aliphatic rings. The molecule has 0 heterocycles. The lowest BCUT2D eigenvalue weighted by Crippen LogP contribution is -2.54. The fourth-order valence-corrected chi connectivity index (χ4v) is 4.21. The molecule has 0 aliphatic heterocycles. The summed E-state index contributed by atoms with van der Waals surface area (Å²) in [5, 5.41) is 0. The van der Waals surface area contributed by atoms with E-state index in [0.717, 1.165) is 0 Å². The fraction of sp³-hybridized carbons (Fsp3) is 1.00. The van der Waals surface area contributed by atoms with E-state index in [-0.39, 0.29) is 5.54 Å². The summed E-state index contributed by atoms with van der Waals surface area (Å²) in [6.45, 7) is 8.30. The van der Waals surface area contributed by atoms with Gasteiger partial charge in [-0.25, -0.2) is 0 Å². The molecular formula is C9H24N2O3Si. The Bertz CT molecular complexity index is 139. The van der Waals surface area contributed by atoms with Crippen molar-refractivity contribution >= 4 is 8.80 Å². The van der Waals surface area contributed by atoms with E-state index < -0.39 is 8.80 Å². The summed E-state index contributed by atoms with van der Waals surface area (Å²) in [5.41, 5.74) is 11.3. The minimum atomic E-state index is -2.67. The third-order valence-corrected chi connectivity index (χ3v) is 5.65. The molecule has 0 saturated carbocycles. The first-order valence-corrected chi connectivity index (χ1v) is 7.32. The lowest BCUT2D eigenvalue weighted by atomic mass is 10.4. The Hall–Kier alpha value is 0.0169. The molecule has 92 valence electrons. The molecule has 0 spiro atoms. The average molecular weight is 236 g/mol. The van der Waals surface area contributed by atoms with Crippen molar-refractivity contribution in [3.8, 4) is 0 Å². The van der Waals surface area contributed by atoms with E-state index in [1.807, 2.05) is 20.8 Å². The van der Waals surface area contributed by atoms with E-state index in [1.165, 1.54) is 0 Å². The molecule has 4 N–H and O–H groups in total. The maximum Gasteiger partial charge on any atom is 0.506 e. The summed E-state index contributed by atoms with van der Waals surface area (Å²) in [5.74, 6) is 0. The Labute approximate surface area is 93.4 Å². The Morgan fingerprint density at radius 3 is 1.40 bits per heavy atom. The highest BCUT2D eigenvalue weighted by Gasteiger charge is 2.47. The van der Waals surface area contributed by atoms with Gasteiger partial charge in [-0.1, -0.05) is 0 Å². The molecule has 0 amide bonds. The molecule has 0 aromatic rings. The second kappa shape index (κ2) is 8.20. The lowest BCUT2D eigenvalue weighted by Gasteiger charge is -2.33. The summed E-state index contributed by atoms with van der Waals surface area (Å²) in [7, 11) is -2.67. The van der Waals surface area contributed by atoms with Crippen LogP contribution < -0.4 is 11.5 Å². The number of hydrogen-bond donors (Lipinski definition) is 2. The first-order chi connectivity index (χ1) is 7.20. The standard InChI is InChI=1S/C9H24N2O3Si/c1-4-12-15(13-5-2,14-6-3)9(7-10)8-11/h9H,4-8,10-11H2,1-3H3. The van der Waals surface area contributed by atoms with E-state index in [2.05, 4.69) is 0 Å². The van der Waals surface area contributed by atoms with Gasteiger partial charge >= 0.3 is 8.80 Å². The molecule has 0 aromatic heterocycles. The summed E-state index contributed by atoms with van der Waals surface area (Å²) in [4.78, 5) is 0. The van der Waals surface area contributed by atoms with E-state index in [0.29, 0.717) is 32.9 Å². The zero-order valence-corrected chi connectivity index (χ0v) is 11.0. The third kappa shape index (κ3) is 4.18. The molecule has 0 bridgehead atoms. The van der Waals surface area contributed by atoms with Gasteiger partial charge in [-0.05, 0) is 20.8 Å². The highest BCUT2D eigenvalue weighted by atomic mass is 28.4. The minimum absolute atomic E-state index is 0.0163. The Morgan fingerprint density at radius 2 is 1.20 bits per heavy atom. The van der Waals surface area contributed by atoms with Crippen LogP contribution in [-0.2, 0) is 13.3 Å². The van der Waals surface area contributed by atoms with Crippen molar-refractivity contribution in [1.29, 1.82) is 0 Å². The van der Waals surface area contributed by atoms with Crippen molar-refractivity contribution in [3.05, 3.63) is 0 Å². The van der Waals surface area contributed by atoms with Crippen molar-refractivity contribution in [2.75, 3.05) is 32.9 Å². The van der Waals surface area contributed by atoms with Gasteiger partial charge in [0.2, 0.25) is 0 Å². The van der Waals surface area contributed by atoms with Crippen LogP contribution in [0.1, 0.15) is 20.8 Å². The summed E-state index contributed by atoms with van der Waals surface area (Å²) >= 11 is 0. The molecule has 15 heavy (non-hydrogen) atoms. The van der Waals surface area contributed by atoms with Gasteiger partial charge in [0, 0.05) is 32.9 Å². The zero-order valence-electron chi connectivity index (χ0n) is 9.99. The number of nitrogens with two attached hydrogens (primary N) is 2. The maximum absolute atomic E-state index is 5.69. The molecule has 0 aliphatic carbocycles. The van der Waals surface area contributed by atoms with Crippen molar-refractivity contribution < 1.29 is 13.3 Å². The van der Waals surface area contributed by atoms with Crippen LogP contribution in [0.25, 0.3) is 0 Å². The van der Waals surface area contributed by atoms with Crippen LogP contribution >= 0.6 is 0 Å². The highest BCUT2D eigenvalue weighted by molar-refractivity contribution is 6.62. The second-order valence-electron chi connectivity index (χ2n) is 3.07. The summed E-state index contributed by atoms with van der Waals surface area (Å²) < 4.78 is 17.1. The van der Waals surface area contributed by atoms with Gasteiger partial charge in [-0.2, -0.15) is 0 Å². The van der Waals surface area contributed by atoms with E-state index in [1.54, 1.807) is 0 Å². The summed E-state index contributed by atoms with van der Waals surface area (Å²) in [6.07, 6.45) is 0. The van der Waals surface area contributed by atoms with Gasteiger partial charge in [0.25, 0.3) is 0 Å². The van der Waals surface area contributed by atoms with E-state index in [9.17, 15) is 0 Å². The molecular weight excluding hydrogens is 212 g/mol. The van der Waals surface area contributed by atoms with Gasteiger partial charge in [0.1, 0.15) is 0 Å². The van der Waals surface area contributed by atoms with Crippen molar-refractivity contribution in [2.45, 2.75) is 26.3 Å². The topological polar surface area (TPSA) is 79.7 Å². The molecule has 5 nitrogen and oxygen atoms in total. The minimum Gasteiger partial charge on any atom is -0.374 e. The molecule has 0 saturated heterocycles. The average Bonchev–Trinajstić information content (AvgIpc) is 2.20. The SMILES string of the molecule is CCO[Si](OCC)(OCC)C(CN)CN. The Balaban J connectivity index is 4.71. The Kier molecular flexibility index (Phi) is 8.21. The first kappa shape index (κ1) is 15.0. The van der Waals surface area contributed by atoms with Crippen LogP contribution in [-0.4, -0.2) is 41.7 Å². The molecule has 6 heteroatoms. The van der Waals surface area contributed by atoms with Gasteiger partial charge in [0.15, 0.2) is 0 Å². The van der Waals surface area contributed by atoms with Crippen LogP contribution in [0.4, 0.5) is 0 Å². The van der Waals surface area contributed by atoms with Crippen LogP contribution in [0.2, 0.25) is 5.54 Å². The van der Waals surface area contributed by atoms with Gasteiger partial charge in [-0.15, -0.1) is 0 Å². The fourth-order valence-electron chi connectivity index (χ4n) is 1.47. The van der Waals surface area contributed by atoms with E-state index in [4.69, 9.17) is 24.7 Å². The molecule has 0 fully saturated rings. The smallest absolute Gasteiger partial charge is 0.374 e. The molecule has 0 atom stereocenters. The quantitative estimate of drug-likeness (QED) is 0.564. The maximum atomic E-state index is 5.69. The van der Waals surface area contributed by atoms with Gasteiger partial charge in [0.05, 0.1) is 5.54 Å². The van der Waals surface area contributed by atoms with Crippen molar-refractivity contribution in [2.24, 2.45) is 11.5 Å². The van der Waals surface area contributed by atoms with Crippen molar-refractivity contribution in [1.82, 2.24) is 0 Å². The number of rotatable bonds is 9. The molecule has 0 rings (SSSR count). The molecule has 0 unspecified atom stereocenters. The Morgan fingerprint density at radius 1 is 0.867 bits per heavy atom. The molecule has 0 radical (unpaired) electrons. The van der Waals surface area contributed by atoms with Gasteiger partial charge in [-0.3, -0.25) is 0 Å². The number of hydrogen-bond acceptors (Lipinski definition) is 5. The van der Waals surface area contributed by atoms with E-state index >= 15 is 0 Å².